The number of hydrogen-bond acceptors (Lipinski definition) is 7. The van der Waals surface area contributed by atoms with E-state index in [-0.39, 0.29) is 16.2 Å². The maximum Gasteiger partial charge on any atom is 0.300 e. The minimum absolute atomic E-state index is 0.150. The molecule has 0 fully saturated rings. The molecule has 0 atom stereocenters. The first-order valence-electron chi connectivity index (χ1n) is 10.5. The van der Waals surface area contributed by atoms with Crippen molar-refractivity contribution in [1.29, 1.82) is 0 Å². The Labute approximate surface area is 188 Å². The number of benzene rings is 2. The van der Waals surface area contributed by atoms with Gasteiger partial charge >= 0.3 is 5.56 Å². The lowest BCUT2D eigenvalue weighted by Crippen LogP contribution is -2.26. The van der Waals surface area contributed by atoms with Crippen molar-refractivity contribution in [2.75, 3.05) is 13.2 Å². The van der Waals surface area contributed by atoms with Gasteiger partial charge in [-0.3, -0.25) is 9.59 Å². The normalized spacial score (nSPS) is 11.8. The Morgan fingerprint density at radius 3 is 2.59 bits per heavy atom. The van der Waals surface area contributed by atoms with Gasteiger partial charge in [0.2, 0.25) is 4.96 Å². The Kier molecular flexibility index (Phi) is 6.61. The Morgan fingerprint density at radius 2 is 1.84 bits per heavy atom. The van der Waals surface area contributed by atoms with Crippen molar-refractivity contribution in [3.63, 3.8) is 0 Å². The summed E-state index contributed by atoms with van der Waals surface area (Å²) in [6.45, 7) is 5.14. The Balaban J connectivity index is 1.75. The lowest BCUT2D eigenvalue weighted by molar-refractivity contribution is 0.272. The fourth-order valence-electron chi connectivity index (χ4n) is 3.17. The minimum Gasteiger partial charge on any atom is -0.490 e. The number of ether oxygens (including phenoxy) is 2. The van der Waals surface area contributed by atoms with Crippen LogP contribution in [0.1, 0.15) is 32.3 Å². The van der Waals surface area contributed by atoms with E-state index < -0.39 is 5.56 Å². The summed E-state index contributed by atoms with van der Waals surface area (Å²) in [4.78, 5) is 29.7. The molecule has 164 valence electrons. The molecule has 0 saturated heterocycles. The van der Waals surface area contributed by atoms with Crippen LogP contribution < -0.4 is 25.1 Å². The highest BCUT2D eigenvalue weighted by molar-refractivity contribution is 7.15. The van der Waals surface area contributed by atoms with E-state index in [0.29, 0.717) is 34.8 Å². The third kappa shape index (κ3) is 4.55. The van der Waals surface area contributed by atoms with Gasteiger partial charge in [0.1, 0.15) is 0 Å². The summed E-state index contributed by atoms with van der Waals surface area (Å²) in [5.74, 6) is 1.31. The molecule has 0 spiro atoms. The van der Waals surface area contributed by atoms with Gasteiger partial charge < -0.3 is 9.47 Å². The van der Waals surface area contributed by atoms with Crippen LogP contribution in [0, 0.1) is 0 Å². The topological polar surface area (TPSA) is 82.8 Å². The summed E-state index contributed by atoms with van der Waals surface area (Å²) in [7, 11) is 0. The van der Waals surface area contributed by atoms with Crippen molar-refractivity contribution in [2.24, 2.45) is 0 Å². The van der Waals surface area contributed by atoms with Crippen molar-refractivity contribution in [3.8, 4) is 22.8 Å². The quantitative estimate of drug-likeness (QED) is 0.384. The molecule has 8 heteroatoms. The summed E-state index contributed by atoms with van der Waals surface area (Å²) in [5, 5.41) is 4.28. The highest BCUT2D eigenvalue weighted by Crippen LogP contribution is 2.29. The van der Waals surface area contributed by atoms with Crippen molar-refractivity contribution < 1.29 is 9.47 Å². The van der Waals surface area contributed by atoms with Gasteiger partial charge in [0, 0.05) is 5.56 Å². The first kappa shape index (κ1) is 21.7. The third-order valence-corrected chi connectivity index (χ3v) is 5.71. The molecule has 32 heavy (non-hydrogen) atoms. The van der Waals surface area contributed by atoms with Gasteiger partial charge in [0.05, 0.1) is 17.7 Å². The number of hydrogen-bond donors (Lipinski definition) is 0. The number of aromatic nitrogens is 3. The van der Waals surface area contributed by atoms with Gasteiger partial charge in [-0.05, 0) is 37.1 Å². The molecule has 4 rings (SSSR count). The van der Waals surface area contributed by atoms with E-state index in [2.05, 4.69) is 17.0 Å². The monoisotopic (exact) mass is 449 g/mol. The molecule has 4 aromatic rings. The molecule has 0 N–H and O–H groups in total. The summed E-state index contributed by atoms with van der Waals surface area (Å²) in [5.41, 5.74) is 0.769. The van der Waals surface area contributed by atoms with Crippen LogP contribution in [-0.4, -0.2) is 27.8 Å². The fourth-order valence-corrected chi connectivity index (χ4v) is 4.07. The van der Waals surface area contributed by atoms with Crippen LogP contribution in [-0.2, 0) is 0 Å². The standard InChI is InChI=1S/C24H23N3O4S/c1-3-5-13-31-18-12-11-16(14-19(18)30-4-2)15-20-23(29)27-24(32-20)25-22(28)21(26-27)17-9-7-6-8-10-17/h6-12,14-15H,3-5,13H2,1-2H3/b20-15+. The minimum atomic E-state index is -0.462. The van der Waals surface area contributed by atoms with E-state index in [1.54, 1.807) is 18.2 Å². The second-order valence-electron chi connectivity index (χ2n) is 7.08. The van der Waals surface area contributed by atoms with Gasteiger partial charge in [-0.15, -0.1) is 0 Å². The molecule has 2 aromatic heterocycles. The van der Waals surface area contributed by atoms with Gasteiger partial charge in [0.15, 0.2) is 17.2 Å². The summed E-state index contributed by atoms with van der Waals surface area (Å²) in [6, 6.07) is 14.5. The van der Waals surface area contributed by atoms with Crippen LogP contribution in [0.25, 0.3) is 22.3 Å². The molecule has 7 nitrogen and oxygen atoms in total. The smallest absolute Gasteiger partial charge is 0.300 e. The number of thiazole rings is 1. The zero-order chi connectivity index (χ0) is 22.5. The van der Waals surface area contributed by atoms with Gasteiger partial charge in [-0.1, -0.05) is 61.1 Å². The van der Waals surface area contributed by atoms with Gasteiger partial charge in [0.25, 0.3) is 5.56 Å². The van der Waals surface area contributed by atoms with Crippen LogP contribution >= 0.6 is 11.3 Å². The lowest BCUT2D eigenvalue weighted by atomic mass is 10.2. The highest BCUT2D eigenvalue weighted by atomic mass is 32.1. The molecule has 2 aromatic carbocycles. The molecule has 0 aliphatic heterocycles. The van der Waals surface area contributed by atoms with Crippen molar-refractivity contribution in [1.82, 2.24) is 14.6 Å². The molecular weight excluding hydrogens is 426 g/mol. The summed E-state index contributed by atoms with van der Waals surface area (Å²) in [6.07, 6.45) is 3.75. The van der Waals surface area contributed by atoms with E-state index >= 15 is 0 Å². The van der Waals surface area contributed by atoms with Crippen molar-refractivity contribution >= 4 is 22.4 Å². The first-order chi connectivity index (χ1) is 15.6. The van der Waals surface area contributed by atoms with Crippen LogP contribution in [0.4, 0.5) is 0 Å². The largest absolute Gasteiger partial charge is 0.490 e. The number of fused-ring (bicyclic) bond motifs is 1. The number of nitrogens with zero attached hydrogens (tertiary/aromatic N) is 3. The fraction of sp³-hybridized carbons (Fsp3) is 0.250. The second-order valence-corrected chi connectivity index (χ2v) is 8.09. The molecule has 0 unspecified atom stereocenters. The Bertz CT molecular complexity index is 1400. The third-order valence-electron chi connectivity index (χ3n) is 4.75. The SMILES string of the molecule is CCCCOc1ccc(/C=c2/sc3nc(=O)c(-c4ccccc4)nn3c2=O)cc1OCC. The van der Waals surface area contributed by atoms with Crippen LogP contribution in [0.15, 0.2) is 58.1 Å². The van der Waals surface area contributed by atoms with E-state index in [0.717, 1.165) is 29.7 Å². The Morgan fingerprint density at radius 1 is 1.03 bits per heavy atom. The van der Waals surface area contributed by atoms with Gasteiger partial charge in [-0.25, -0.2) is 0 Å². The molecule has 0 saturated carbocycles. The molecule has 0 radical (unpaired) electrons. The first-order valence-corrected chi connectivity index (χ1v) is 11.3. The summed E-state index contributed by atoms with van der Waals surface area (Å²) >= 11 is 1.13. The molecular formula is C24H23N3O4S. The van der Waals surface area contributed by atoms with E-state index in [1.807, 2.05) is 43.3 Å². The predicted octanol–water partition coefficient (Wildman–Crippen LogP) is 3.30. The van der Waals surface area contributed by atoms with Crippen molar-refractivity contribution in [2.45, 2.75) is 26.7 Å². The lowest BCUT2D eigenvalue weighted by Gasteiger charge is -2.12. The average molecular weight is 450 g/mol. The zero-order valence-electron chi connectivity index (χ0n) is 17.9. The van der Waals surface area contributed by atoms with Crippen LogP contribution in [0.5, 0.6) is 11.5 Å². The van der Waals surface area contributed by atoms with E-state index in [4.69, 9.17) is 9.47 Å². The molecule has 0 aliphatic carbocycles. The number of rotatable bonds is 8. The zero-order valence-corrected chi connectivity index (χ0v) is 18.7. The number of unbranched alkanes of at least 4 members (excludes halogenated alkanes) is 1. The predicted molar refractivity (Wildman–Crippen MR) is 126 cm³/mol. The summed E-state index contributed by atoms with van der Waals surface area (Å²) < 4.78 is 13.2. The van der Waals surface area contributed by atoms with Gasteiger partial charge in [-0.2, -0.15) is 14.6 Å². The van der Waals surface area contributed by atoms with Crippen molar-refractivity contribution in [3.05, 3.63) is 79.3 Å². The highest BCUT2D eigenvalue weighted by Gasteiger charge is 2.13. The Hall–Kier alpha value is -3.52. The molecule has 2 heterocycles. The maximum atomic E-state index is 13.0. The molecule has 0 amide bonds. The van der Waals surface area contributed by atoms with Crippen LogP contribution in [0.2, 0.25) is 0 Å². The second kappa shape index (κ2) is 9.74. The van der Waals surface area contributed by atoms with E-state index in [1.165, 1.54) is 4.52 Å². The average Bonchev–Trinajstić information content (AvgIpc) is 3.09. The maximum absolute atomic E-state index is 13.0. The van der Waals surface area contributed by atoms with E-state index in [9.17, 15) is 9.59 Å². The van der Waals surface area contributed by atoms with Crippen LogP contribution in [0.3, 0.4) is 0 Å². The molecule has 0 aliphatic rings. The molecule has 0 bridgehead atoms.